The first-order valence-electron chi connectivity index (χ1n) is 2.47. The van der Waals surface area contributed by atoms with Crippen LogP contribution < -0.4 is 0 Å². The van der Waals surface area contributed by atoms with Crippen molar-refractivity contribution in [2.24, 2.45) is 0 Å². The molecule has 0 aromatic rings. The molecule has 46 valence electrons. The molecule has 0 aromatic carbocycles. The Balaban J connectivity index is 0. The number of hydrogen-bond acceptors (Lipinski definition) is 0. The van der Waals surface area contributed by atoms with Crippen LogP contribution in [0.2, 0.25) is 0 Å². The number of halogens is 1. The molecule has 7 heavy (non-hydrogen) atoms. The summed E-state index contributed by atoms with van der Waals surface area (Å²) < 4.78 is 0. The third-order valence-electron chi connectivity index (χ3n) is 0.737. The molecule has 0 bridgehead atoms. The van der Waals surface area contributed by atoms with Gasteiger partial charge in [0, 0.05) is 5.88 Å². The van der Waals surface area contributed by atoms with E-state index >= 15 is 0 Å². The summed E-state index contributed by atoms with van der Waals surface area (Å²) in [6.07, 6.45) is 3.73. The van der Waals surface area contributed by atoms with Crippen molar-refractivity contribution in [3.63, 3.8) is 0 Å². The average molecular weight is 319 g/mol. The van der Waals surface area contributed by atoms with Gasteiger partial charge in [0.05, 0.1) is 0 Å². The Labute approximate surface area is 69.8 Å². The summed E-state index contributed by atoms with van der Waals surface area (Å²) in [7, 11) is 0. The standard InChI is InChI=1S/C5H11Cl.Bi.3H/c1-2-3-4-5-6;;;;/h2-5H2,1H3;;;;. The van der Waals surface area contributed by atoms with Gasteiger partial charge >= 0.3 is 26.2 Å². The van der Waals surface area contributed by atoms with Crippen LogP contribution >= 0.6 is 11.6 Å². The SMILES string of the molecule is CCCCCCl.[BiH3]. The van der Waals surface area contributed by atoms with Crippen molar-refractivity contribution in [3.05, 3.63) is 0 Å². The van der Waals surface area contributed by atoms with E-state index < -0.39 is 0 Å². The van der Waals surface area contributed by atoms with Gasteiger partial charge in [-0.3, -0.25) is 0 Å². The van der Waals surface area contributed by atoms with Gasteiger partial charge < -0.3 is 0 Å². The molecule has 0 N–H and O–H groups in total. The molecule has 2 heteroatoms. The van der Waals surface area contributed by atoms with E-state index in [2.05, 4.69) is 6.92 Å². The number of alkyl halides is 1. The van der Waals surface area contributed by atoms with Crippen LogP contribution in [0.1, 0.15) is 26.2 Å². The number of hydrogen-bond donors (Lipinski definition) is 0. The molecule has 0 aliphatic heterocycles. The first-order chi connectivity index (χ1) is 2.91. The maximum absolute atomic E-state index is 5.38. The molecule has 0 atom stereocenters. The third-order valence-corrected chi connectivity index (χ3v) is 1.00. The summed E-state index contributed by atoms with van der Waals surface area (Å²) in [6, 6.07) is 0. The fourth-order valence-corrected chi connectivity index (χ4v) is 0.533. The summed E-state index contributed by atoms with van der Waals surface area (Å²) in [6.45, 7) is 2.17. The average Bonchev–Trinajstić information content (AvgIpc) is 1.61. The van der Waals surface area contributed by atoms with Crippen molar-refractivity contribution >= 4 is 37.8 Å². The Morgan fingerprint density at radius 2 is 1.86 bits per heavy atom. The van der Waals surface area contributed by atoms with Crippen LogP contribution in [0.4, 0.5) is 0 Å². The predicted molar refractivity (Wildman–Crippen MR) is 40.2 cm³/mol. The predicted octanol–water partition coefficient (Wildman–Crippen LogP) is 1.23. The van der Waals surface area contributed by atoms with Crippen molar-refractivity contribution in [1.82, 2.24) is 0 Å². The molecule has 0 fully saturated rings. The third kappa shape index (κ3) is 11.0. The van der Waals surface area contributed by atoms with Gasteiger partial charge in [-0.1, -0.05) is 19.8 Å². The van der Waals surface area contributed by atoms with E-state index in [1.54, 1.807) is 0 Å². The Kier molecular flexibility index (Phi) is 16.1. The molecule has 0 rings (SSSR count). The molecular weight excluding hydrogens is 304 g/mol. The topological polar surface area (TPSA) is 0 Å². The van der Waals surface area contributed by atoms with Crippen LogP contribution in [0.25, 0.3) is 0 Å². The minimum atomic E-state index is 0. The molecule has 0 nitrogen and oxygen atoms in total. The summed E-state index contributed by atoms with van der Waals surface area (Å²) in [5.74, 6) is 0.827. The van der Waals surface area contributed by atoms with E-state index in [0.717, 1.165) is 5.88 Å². The molecule has 0 aromatic heterocycles. The van der Waals surface area contributed by atoms with Crippen LogP contribution in [0.5, 0.6) is 0 Å². The van der Waals surface area contributed by atoms with E-state index in [1.165, 1.54) is 19.3 Å². The van der Waals surface area contributed by atoms with Crippen LogP contribution in [0.3, 0.4) is 0 Å². The Hall–Kier alpha value is 1.17. The van der Waals surface area contributed by atoms with Gasteiger partial charge in [0.1, 0.15) is 0 Å². The van der Waals surface area contributed by atoms with Crippen LogP contribution in [0, 0.1) is 0 Å². The number of unbranched alkanes of at least 4 members (excludes halogenated alkanes) is 2. The molecule has 0 spiro atoms. The summed E-state index contributed by atoms with van der Waals surface area (Å²) in [5, 5.41) is 0. The van der Waals surface area contributed by atoms with Crippen molar-refractivity contribution in [3.8, 4) is 0 Å². The van der Waals surface area contributed by atoms with E-state index in [9.17, 15) is 0 Å². The van der Waals surface area contributed by atoms with Gasteiger partial charge in [0.25, 0.3) is 0 Å². The van der Waals surface area contributed by atoms with Crippen LogP contribution in [-0.4, -0.2) is 32.1 Å². The van der Waals surface area contributed by atoms with E-state index in [-0.39, 0.29) is 26.2 Å². The van der Waals surface area contributed by atoms with Gasteiger partial charge in [0.15, 0.2) is 0 Å². The summed E-state index contributed by atoms with van der Waals surface area (Å²) in [4.78, 5) is 0. The first kappa shape index (κ1) is 11.0. The molecular formula is C5H14BiCl. The molecule has 0 aliphatic rings. The summed E-state index contributed by atoms with van der Waals surface area (Å²) in [5.41, 5.74) is 0. The molecule has 0 saturated heterocycles. The van der Waals surface area contributed by atoms with E-state index in [1.807, 2.05) is 0 Å². The molecule has 0 radical (unpaired) electrons. The fraction of sp³-hybridized carbons (Fsp3) is 1.00. The Morgan fingerprint density at radius 1 is 1.29 bits per heavy atom. The van der Waals surface area contributed by atoms with Gasteiger partial charge in [0.2, 0.25) is 0 Å². The zero-order chi connectivity index (χ0) is 4.83. The second-order valence-corrected chi connectivity index (χ2v) is 1.77. The first-order valence-corrected chi connectivity index (χ1v) is 3.01. The van der Waals surface area contributed by atoms with E-state index in [4.69, 9.17) is 11.6 Å². The van der Waals surface area contributed by atoms with Gasteiger partial charge in [-0.25, -0.2) is 0 Å². The van der Waals surface area contributed by atoms with Crippen molar-refractivity contribution < 1.29 is 0 Å². The summed E-state index contributed by atoms with van der Waals surface area (Å²) >= 11 is 5.38. The zero-order valence-corrected chi connectivity index (χ0v) is 11.2. The monoisotopic (exact) mass is 318 g/mol. The zero-order valence-electron chi connectivity index (χ0n) is 4.91. The molecule has 0 saturated carbocycles. The van der Waals surface area contributed by atoms with Gasteiger partial charge in [-0.2, -0.15) is 0 Å². The normalized spacial score (nSPS) is 7.71. The Bertz CT molecular complexity index is 20.0. The van der Waals surface area contributed by atoms with Crippen molar-refractivity contribution in [2.45, 2.75) is 26.2 Å². The second kappa shape index (κ2) is 10.2. The Morgan fingerprint density at radius 3 is 2.00 bits per heavy atom. The fourth-order valence-electron chi connectivity index (χ4n) is 0.344. The molecule has 0 heterocycles. The van der Waals surface area contributed by atoms with E-state index in [0.29, 0.717) is 0 Å². The minimum absolute atomic E-state index is 0. The number of rotatable bonds is 3. The molecule has 0 amide bonds. The van der Waals surface area contributed by atoms with Gasteiger partial charge in [-0.05, 0) is 6.42 Å². The van der Waals surface area contributed by atoms with Crippen LogP contribution in [-0.2, 0) is 0 Å². The van der Waals surface area contributed by atoms with Crippen LogP contribution in [0.15, 0.2) is 0 Å². The van der Waals surface area contributed by atoms with Crippen molar-refractivity contribution in [1.29, 1.82) is 0 Å². The second-order valence-electron chi connectivity index (χ2n) is 1.40. The van der Waals surface area contributed by atoms with Gasteiger partial charge in [-0.15, -0.1) is 11.6 Å². The maximum atomic E-state index is 5.38. The molecule has 0 unspecified atom stereocenters. The quantitative estimate of drug-likeness (QED) is 0.417. The van der Waals surface area contributed by atoms with Crippen molar-refractivity contribution in [2.75, 3.05) is 5.88 Å². The molecule has 0 aliphatic carbocycles.